The first kappa shape index (κ1) is 12.2. The molecule has 0 atom stereocenters. The molecule has 0 fully saturated rings. The lowest BCUT2D eigenvalue weighted by Crippen LogP contribution is -2.37. The molecule has 0 aliphatic carbocycles. The van der Waals surface area contributed by atoms with Gasteiger partial charge in [-0.25, -0.2) is 4.79 Å². The smallest absolute Gasteiger partial charge is 0.372 e. The molecule has 18 heavy (non-hydrogen) atoms. The Labute approximate surface area is 106 Å². The maximum Gasteiger partial charge on any atom is 0.372 e. The third-order valence-electron chi connectivity index (χ3n) is 2.52. The molecule has 4 heteroatoms. The highest BCUT2D eigenvalue weighted by Gasteiger charge is 2.09. The van der Waals surface area contributed by atoms with Gasteiger partial charge in [-0.3, -0.25) is 4.98 Å². The number of aromatic nitrogens is 2. The first-order chi connectivity index (χ1) is 8.79. The van der Waals surface area contributed by atoms with Gasteiger partial charge in [0.15, 0.2) is 12.4 Å². The van der Waals surface area contributed by atoms with Crippen LogP contribution in [0.5, 0.6) is 0 Å². The van der Waals surface area contributed by atoms with Crippen LogP contribution in [0.1, 0.15) is 6.92 Å². The molecule has 0 aliphatic rings. The second-order valence-corrected chi connectivity index (χ2v) is 3.80. The highest BCUT2D eigenvalue weighted by atomic mass is 16.5. The predicted octanol–water partition coefficient (Wildman–Crippen LogP) is 1.60. The van der Waals surface area contributed by atoms with Crippen LogP contribution in [-0.2, 0) is 16.1 Å². The minimum atomic E-state index is -0.223. The molecule has 0 N–H and O–H groups in total. The van der Waals surface area contributed by atoms with Crippen LogP contribution in [0.2, 0.25) is 0 Å². The van der Waals surface area contributed by atoms with Gasteiger partial charge in [0.2, 0.25) is 6.54 Å². The molecule has 2 heterocycles. The van der Waals surface area contributed by atoms with Crippen LogP contribution in [0.4, 0.5) is 0 Å². The molecule has 0 amide bonds. The summed E-state index contributed by atoms with van der Waals surface area (Å²) in [6.07, 6.45) is 7.25. The average molecular weight is 243 g/mol. The summed E-state index contributed by atoms with van der Waals surface area (Å²) in [4.78, 5) is 15.3. The Hall–Kier alpha value is -2.23. The normalized spacial score (nSPS) is 10.1. The lowest BCUT2D eigenvalue weighted by Gasteiger charge is -2.01. The summed E-state index contributed by atoms with van der Waals surface area (Å²) >= 11 is 0. The second-order valence-electron chi connectivity index (χ2n) is 3.80. The third kappa shape index (κ3) is 3.13. The number of hydrogen-bond donors (Lipinski definition) is 0. The molecule has 0 saturated heterocycles. The van der Waals surface area contributed by atoms with Gasteiger partial charge >= 0.3 is 5.97 Å². The molecule has 2 aromatic rings. The molecule has 4 nitrogen and oxygen atoms in total. The monoisotopic (exact) mass is 243 g/mol. The molecule has 92 valence electrons. The van der Waals surface area contributed by atoms with E-state index in [9.17, 15) is 4.79 Å². The van der Waals surface area contributed by atoms with Gasteiger partial charge in [0.25, 0.3) is 0 Å². The van der Waals surface area contributed by atoms with Crippen LogP contribution in [0, 0.1) is 0 Å². The van der Waals surface area contributed by atoms with Gasteiger partial charge in [0.05, 0.1) is 6.61 Å². The molecular formula is C14H15N2O2+. The largest absolute Gasteiger partial charge is 0.461 e. The maximum absolute atomic E-state index is 11.3. The number of carbonyl (C=O) groups is 1. The molecule has 0 radical (unpaired) electrons. The van der Waals surface area contributed by atoms with E-state index >= 15 is 0 Å². The third-order valence-corrected chi connectivity index (χ3v) is 2.52. The van der Waals surface area contributed by atoms with Crippen molar-refractivity contribution >= 4 is 5.97 Å². The molecular weight excluding hydrogens is 228 g/mol. The minimum absolute atomic E-state index is 0.223. The van der Waals surface area contributed by atoms with Crippen LogP contribution in [-0.4, -0.2) is 17.6 Å². The van der Waals surface area contributed by atoms with Crippen molar-refractivity contribution in [3.63, 3.8) is 0 Å². The Morgan fingerprint density at radius 2 is 1.78 bits per heavy atom. The Kier molecular flexibility index (Phi) is 4.02. The Bertz CT molecular complexity index is 509. The Morgan fingerprint density at radius 1 is 1.17 bits per heavy atom. The zero-order chi connectivity index (χ0) is 12.8. The zero-order valence-corrected chi connectivity index (χ0v) is 10.2. The van der Waals surface area contributed by atoms with Gasteiger partial charge in [-0.15, -0.1) is 0 Å². The van der Waals surface area contributed by atoms with Gasteiger partial charge in [-0.05, 0) is 30.2 Å². The number of rotatable bonds is 4. The molecule has 0 bridgehead atoms. The summed E-state index contributed by atoms with van der Waals surface area (Å²) in [6, 6.07) is 7.83. The molecule has 0 spiro atoms. The van der Waals surface area contributed by atoms with E-state index in [1.54, 1.807) is 23.9 Å². The molecule has 0 aromatic carbocycles. The summed E-state index contributed by atoms with van der Waals surface area (Å²) in [5.74, 6) is -0.223. The molecule has 0 aliphatic heterocycles. The number of carbonyl (C=O) groups excluding carboxylic acids is 1. The van der Waals surface area contributed by atoms with Crippen LogP contribution >= 0.6 is 0 Å². The van der Waals surface area contributed by atoms with Crippen molar-refractivity contribution in [2.24, 2.45) is 0 Å². The predicted molar refractivity (Wildman–Crippen MR) is 66.5 cm³/mol. The number of hydrogen-bond acceptors (Lipinski definition) is 3. The van der Waals surface area contributed by atoms with Crippen molar-refractivity contribution in [1.82, 2.24) is 4.98 Å². The van der Waals surface area contributed by atoms with Crippen molar-refractivity contribution in [3.05, 3.63) is 49.1 Å². The van der Waals surface area contributed by atoms with Gasteiger partial charge in [-0.1, -0.05) is 0 Å². The van der Waals surface area contributed by atoms with Crippen LogP contribution < -0.4 is 4.57 Å². The second kappa shape index (κ2) is 5.91. The van der Waals surface area contributed by atoms with Crippen LogP contribution in [0.25, 0.3) is 11.1 Å². The molecule has 2 aromatic heterocycles. The van der Waals surface area contributed by atoms with E-state index in [-0.39, 0.29) is 12.5 Å². The van der Waals surface area contributed by atoms with E-state index in [2.05, 4.69) is 4.98 Å². The van der Waals surface area contributed by atoms with Crippen molar-refractivity contribution in [2.75, 3.05) is 6.61 Å². The number of esters is 1. The standard InChI is InChI=1S/C14H15N2O2/c1-2-18-14(17)11-16-9-5-13(6-10-16)12-3-7-15-8-4-12/h3-10H,2,11H2,1H3/q+1. The van der Waals surface area contributed by atoms with Gasteiger partial charge in [-0.2, -0.15) is 4.57 Å². The summed E-state index contributed by atoms with van der Waals surface area (Å²) in [5.41, 5.74) is 2.20. The van der Waals surface area contributed by atoms with Crippen molar-refractivity contribution in [1.29, 1.82) is 0 Å². The fourth-order valence-corrected chi connectivity index (χ4v) is 1.66. The van der Waals surface area contributed by atoms with Crippen molar-refractivity contribution in [2.45, 2.75) is 13.5 Å². The van der Waals surface area contributed by atoms with E-state index in [1.807, 2.05) is 36.7 Å². The fourth-order valence-electron chi connectivity index (χ4n) is 1.66. The Balaban J connectivity index is 2.09. The molecule has 0 unspecified atom stereocenters. The van der Waals surface area contributed by atoms with E-state index in [1.165, 1.54) is 0 Å². The maximum atomic E-state index is 11.3. The van der Waals surface area contributed by atoms with Crippen LogP contribution in [0.3, 0.4) is 0 Å². The summed E-state index contributed by atoms with van der Waals surface area (Å²) in [6.45, 7) is 2.45. The number of ether oxygens (including phenoxy) is 1. The average Bonchev–Trinajstić information content (AvgIpc) is 2.41. The number of nitrogens with zero attached hydrogens (tertiary/aromatic N) is 2. The lowest BCUT2D eigenvalue weighted by molar-refractivity contribution is -0.685. The van der Waals surface area contributed by atoms with Gasteiger partial charge in [0, 0.05) is 24.5 Å². The molecule has 2 rings (SSSR count). The van der Waals surface area contributed by atoms with E-state index in [0.717, 1.165) is 11.1 Å². The van der Waals surface area contributed by atoms with E-state index in [0.29, 0.717) is 6.61 Å². The highest BCUT2D eigenvalue weighted by Crippen LogP contribution is 2.15. The summed E-state index contributed by atoms with van der Waals surface area (Å²) in [5, 5.41) is 0. The SMILES string of the molecule is CCOC(=O)C[n+]1ccc(-c2ccncc2)cc1. The lowest BCUT2D eigenvalue weighted by atomic mass is 10.1. The molecule has 0 saturated carbocycles. The Morgan fingerprint density at radius 3 is 2.39 bits per heavy atom. The minimum Gasteiger partial charge on any atom is -0.461 e. The van der Waals surface area contributed by atoms with Gasteiger partial charge in [0.1, 0.15) is 0 Å². The quantitative estimate of drug-likeness (QED) is 0.605. The summed E-state index contributed by atoms with van der Waals surface area (Å²) < 4.78 is 6.69. The highest BCUT2D eigenvalue weighted by molar-refractivity contribution is 5.67. The fraction of sp³-hybridized carbons (Fsp3) is 0.214. The van der Waals surface area contributed by atoms with Crippen molar-refractivity contribution in [3.8, 4) is 11.1 Å². The van der Waals surface area contributed by atoms with E-state index < -0.39 is 0 Å². The zero-order valence-electron chi connectivity index (χ0n) is 10.2. The topological polar surface area (TPSA) is 43.1 Å². The number of pyridine rings is 2. The summed E-state index contributed by atoms with van der Waals surface area (Å²) in [7, 11) is 0. The first-order valence-electron chi connectivity index (χ1n) is 5.84. The van der Waals surface area contributed by atoms with Gasteiger partial charge < -0.3 is 4.74 Å². The van der Waals surface area contributed by atoms with Crippen LogP contribution in [0.15, 0.2) is 49.1 Å². The van der Waals surface area contributed by atoms with Crippen molar-refractivity contribution < 1.29 is 14.1 Å². The first-order valence-corrected chi connectivity index (χ1v) is 5.84. The van der Waals surface area contributed by atoms with E-state index in [4.69, 9.17) is 4.74 Å².